The molecule has 0 bridgehead atoms. The van der Waals surface area contributed by atoms with E-state index < -0.39 is 0 Å². The van der Waals surface area contributed by atoms with E-state index in [4.69, 9.17) is 4.74 Å². The molecule has 6 nitrogen and oxygen atoms in total. The topological polar surface area (TPSA) is 77.4 Å². The van der Waals surface area contributed by atoms with Crippen molar-refractivity contribution in [3.63, 3.8) is 0 Å². The Morgan fingerprint density at radius 2 is 2.37 bits per heavy atom. The van der Waals surface area contributed by atoms with Crippen molar-refractivity contribution in [1.29, 1.82) is 0 Å². The molecule has 7 heteroatoms. The Kier molecular flexibility index (Phi) is 4.36. The van der Waals surface area contributed by atoms with Gasteiger partial charge in [0.1, 0.15) is 6.61 Å². The smallest absolute Gasteiger partial charge is 0.307 e. The summed E-state index contributed by atoms with van der Waals surface area (Å²) in [5, 5.41) is 4.49. The summed E-state index contributed by atoms with van der Waals surface area (Å²) in [5.41, 5.74) is 0.853. The lowest BCUT2D eigenvalue weighted by atomic mass is 10.2. The Morgan fingerprint density at radius 3 is 2.95 bits per heavy atom. The Morgan fingerprint density at radius 1 is 1.58 bits per heavy atom. The zero-order valence-electron chi connectivity index (χ0n) is 10.7. The Bertz CT molecular complexity index is 534. The van der Waals surface area contributed by atoms with Gasteiger partial charge in [-0.15, -0.1) is 0 Å². The molecular weight excluding hydrogens is 268 g/mol. The van der Waals surface area contributed by atoms with Crippen molar-refractivity contribution in [3.05, 3.63) is 20.7 Å². The molecule has 0 radical (unpaired) electrons. The predicted molar refractivity (Wildman–Crippen MR) is 70.1 cm³/mol. The van der Waals surface area contributed by atoms with Gasteiger partial charge in [0.2, 0.25) is 5.91 Å². The van der Waals surface area contributed by atoms with Gasteiger partial charge in [-0.1, -0.05) is 11.3 Å². The third-order valence-corrected chi connectivity index (χ3v) is 3.93. The van der Waals surface area contributed by atoms with Crippen molar-refractivity contribution in [2.75, 3.05) is 6.61 Å². The van der Waals surface area contributed by atoms with E-state index >= 15 is 0 Å². The van der Waals surface area contributed by atoms with Crippen molar-refractivity contribution in [2.45, 2.75) is 38.8 Å². The molecular formula is C12H16N2O4S. The summed E-state index contributed by atoms with van der Waals surface area (Å²) in [6.45, 7) is 2.38. The van der Waals surface area contributed by atoms with Gasteiger partial charge in [-0.25, -0.2) is 0 Å². The standard InChI is InChI=1S/C12H16N2O4S/c1-8-7-19-12(17)14(8)5-4-11(16)18-6-9-2-3-10(15)13-9/h7,9H,2-6H2,1H3,(H,13,15). The van der Waals surface area contributed by atoms with Crippen molar-refractivity contribution >= 4 is 23.2 Å². The van der Waals surface area contributed by atoms with E-state index in [1.807, 2.05) is 6.92 Å². The largest absolute Gasteiger partial charge is 0.463 e. The minimum Gasteiger partial charge on any atom is -0.463 e. The number of rotatable bonds is 5. The molecule has 1 N–H and O–H groups in total. The molecule has 1 aliphatic rings. The minimum atomic E-state index is -0.348. The van der Waals surface area contributed by atoms with E-state index in [9.17, 15) is 14.4 Å². The first-order valence-corrected chi connectivity index (χ1v) is 7.04. The average molecular weight is 284 g/mol. The summed E-state index contributed by atoms with van der Waals surface area (Å²) in [6.07, 6.45) is 1.36. The van der Waals surface area contributed by atoms with E-state index in [-0.39, 0.29) is 35.8 Å². The van der Waals surface area contributed by atoms with E-state index in [1.165, 1.54) is 0 Å². The predicted octanol–water partition coefficient (Wildman–Crippen LogP) is 0.430. The second-order valence-corrected chi connectivity index (χ2v) is 5.35. The normalized spacial score (nSPS) is 18.4. The molecule has 0 saturated carbocycles. The SMILES string of the molecule is Cc1csc(=O)n1CCC(=O)OCC1CCC(=O)N1. The summed E-state index contributed by atoms with van der Waals surface area (Å²) in [7, 11) is 0. The molecule has 1 atom stereocenters. The van der Waals surface area contributed by atoms with Crippen LogP contribution in [-0.2, 0) is 20.9 Å². The maximum Gasteiger partial charge on any atom is 0.307 e. The molecule has 1 unspecified atom stereocenters. The average Bonchev–Trinajstić information content (AvgIpc) is 2.92. The van der Waals surface area contributed by atoms with Crippen LogP contribution in [-0.4, -0.2) is 29.1 Å². The van der Waals surface area contributed by atoms with Gasteiger partial charge in [0, 0.05) is 24.0 Å². The number of carbonyl (C=O) groups excluding carboxylic acids is 2. The van der Waals surface area contributed by atoms with Crippen LogP contribution >= 0.6 is 11.3 Å². The van der Waals surface area contributed by atoms with Crippen LogP contribution < -0.4 is 10.2 Å². The first-order valence-electron chi connectivity index (χ1n) is 6.16. The number of carbonyl (C=O) groups is 2. The maximum absolute atomic E-state index is 11.6. The van der Waals surface area contributed by atoms with E-state index in [0.717, 1.165) is 17.0 Å². The second kappa shape index (κ2) is 6.01. The first kappa shape index (κ1) is 13.8. The number of thiazole rings is 1. The van der Waals surface area contributed by atoms with Crippen LogP contribution in [0.2, 0.25) is 0 Å². The molecule has 104 valence electrons. The highest BCUT2D eigenvalue weighted by molar-refractivity contribution is 7.07. The van der Waals surface area contributed by atoms with Crippen LogP contribution in [0.4, 0.5) is 0 Å². The molecule has 2 rings (SSSR count). The first-order chi connectivity index (χ1) is 9.06. The van der Waals surface area contributed by atoms with E-state index in [1.54, 1.807) is 9.95 Å². The zero-order chi connectivity index (χ0) is 13.8. The fraction of sp³-hybridized carbons (Fsp3) is 0.583. The molecule has 1 aliphatic heterocycles. The van der Waals surface area contributed by atoms with Gasteiger partial charge in [-0.05, 0) is 13.3 Å². The van der Waals surface area contributed by atoms with Gasteiger partial charge in [0.15, 0.2) is 0 Å². The van der Waals surface area contributed by atoms with Gasteiger partial charge in [0.05, 0.1) is 12.5 Å². The quantitative estimate of drug-likeness (QED) is 0.795. The number of nitrogens with one attached hydrogen (secondary N) is 1. The lowest BCUT2D eigenvalue weighted by molar-refractivity contribution is -0.144. The Hall–Kier alpha value is -1.63. The van der Waals surface area contributed by atoms with Gasteiger partial charge in [-0.3, -0.25) is 14.4 Å². The summed E-state index contributed by atoms with van der Waals surface area (Å²) in [6, 6.07) is -0.0675. The molecule has 0 aromatic carbocycles. The van der Waals surface area contributed by atoms with Gasteiger partial charge >= 0.3 is 10.8 Å². The number of nitrogens with zero attached hydrogens (tertiary/aromatic N) is 1. The van der Waals surface area contributed by atoms with Crippen molar-refractivity contribution in [3.8, 4) is 0 Å². The third-order valence-electron chi connectivity index (χ3n) is 3.05. The van der Waals surface area contributed by atoms with Gasteiger partial charge < -0.3 is 14.6 Å². The van der Waals surface area contributed by atoms with Gasteiger partial charge in [0.25, 0.3) is 0 Å². The lowest BCUT2D eigenvalue weighted by Gasteiger charge is -2.11. The van der Waals surface area contributed by atoms with Crippen molar-refractivity contribution in [1.82, 2.24) is 9.88 Å². The zero-order valence-corrected chi connectivity index (χ0v) is 11.5. The number of amides is 1. The highest BCUT2D eigenvalue weighted by Gasteiger charge is 2.21. The number of aromatic nitrogens is 1. The number of hydrogen-bond donors (Lipinski definition) is 1. The minimum absolute atomic E-state index is 0.00139. The van der Waals surface area contributed by atoms with Crippen molar-refractivity contribution < 1.29 is 14.3 Å². The Balaban J connectivity index is 1.73. The molecule has 1 fully saturated rings. The highest BCUT2D eigenvalue weighted by atomic mass is 32.1. The fourth-order valence-corrected chi connectivity index (χ4v) is 2.71. The van der Waals surface area contributed by atoms with Crippen LogP contribution in [0, 0.1) is 6.92 Å². The fourth-order valence-electron chi connectivity index (χ4n) is 1.95. The second-order valence-electron chi connectivity index (χ2n) is 4.53. The molecule has 0 aliphatic carbocycles. The molecule has 19 heavy (non-hydrogen) atoms. The molecule has 0 spiro atoms. The number of ether oxygens (including phenoxy) is 1. The number of esters is 1. The summed E-state index contributed by atoms with van der Waals surface area (Å²) in [4.78, 5) is 33.9. The van der Waals surface area contributed by atoms with Crippen LogP contribution in [0.5, 0.6) is 0 Å². The molecule has 2 heterocycles. The molecule has 1 aromatic rings. The van der Waals surface area contributed by atoms with Crippen LogP contribution in [0.3, 0.4) is 0 Å². The van der Waals surface area contributed by atoms with Crippen LogP contribution in [0.15, 0.2) is 10.2 Å². The van der Waals surface area contributed by atoms with Crippen LogP contribution in [0.25, 0.3) is 0 Å². The van der Waals surface area contributed by atoms with E-state index in [2.05, 4.69) is 5.32 Å². The maximum atomic E-state index is 11.6. The summed E-state index contributed by atoms with van der Waals surface area (Å²) < 4.78 is 6.65. The highest BCUT2D eigenvalue weighted by Crippen LogP contribution is 2.07. The third kappa shape index (κ3) is 3.66. The number of hydrogen-bond acceptors (Lipinski definition) is 5. The summed E-state index contributed by atoms with van der Waals surface area (Å²) >= 11 is 1.12. The van der Waals surface area contributed by atoms with E-state index in [0.29, 0.717) is 19.4 Å². The van der Waals surface area contributed by atoms with Crippen molar-refractivity contribution in [2.24, 2.45) is 0 Å². The number of aryl methyl sites for hydroxylation is 1. The van der Waals surface area contributed by atoms with Crippen LogP contribution in [0.1, 0.15) is 25.0 Å². The molecule has 1 aromatic heterocycles. The summed E-state index contributed by atoms with van der Waals surface area (Å²) in [5.74, 6) is -0.347. The molecule has 1 amide bonds. The lowest BCUT2D eigenvalue weighted by Crippen LogP contribution is -2.31. The Labute approximate surface area is 114 Å². The van der Waals surface area contributed by atoms with Gasteiger partial charge in [-0.2, -0.15) is 0 Å². The monoisotopic (exact) mass is 284 g/mol. The molecule has 1 saturated heterocycles.